The highest BCUT2D eigenvalue weighted by atomic mass is 16.1. The molecule has 1 amide bonds. The molecular formula is C8H15N3O. The fourth-order valence-electron chi connectivity index (χ4n) is 0.649. The molecule has 0 unspecified atom stereocenters. The van der Waals surface area contributed by atoms with E-state index in [2.05, 4.69) is 15.5 Å². The number of amides is 1. The molecule has 1 aromatic rings. The fourth-order valence-corrected chi connectivity index (χ4v) is 0.649. The van der Waals surface area contributed by atoms with Crippen LogP contribution in [0.3, 0.4) is 0 Å². The van der Waals surface area contributed by atoms with Crippen LogP contribution in [0, 0.1) is 6.92 Å². The van der Waals surface area contributed by atoms with Crippen LogP contribution in [0.1, 0.15) is 26.3 Å². The van der Waals surface area contributed by atoms with Crippen molar-refractivity contribution in [1.82, 2.24) is 10.2 Å². The molecule has 0 aliphatic carbocycles. The van der Waals surface area contributed by atoms with Crippen molar-refractivity contribution in [2.45, 2.75) is 27.7 Å². The summed E-state index contributed by atoms with van der Waals surface area (Å²) in [7, 11) is 0. The molecule has 0 radical (unpaired) electrons. The predicted octanol–water partition coefficient (Wildman–Crippen LogP) is 1.70. The quantitative estimate of drug-likeness (QED) is 0.672. The highest BCUT2D eigenvalue weighted by Crippen LogP contribution is 2.07. The third-order valence-corrected chi connectivity index (χ3v) is 1.13. The summed E-state index contributed by atoms with van der Waals surface area (Å²) in [5.74, 6) is 0.583. The molecule has 0 atom stereocenters. The maximum Gasteiger partial charge on any atom is 0.222 e. The minimum Gasteiger partial charge on any atom is -0.311 e. The molecule has 0 bridgehead atoms. The number of nitrogens with one attached hydrogen (secondary N) is 2. The number of anilines is 1. The Kier molecular flexibility index (Phi) is 4.76. The van der Waals surface area contributed by atoms with Gasteiger partial charge < -0.3 is 5.32 Å². The number of hydrogen-bond donors (Lipinski definition) is 2. The predicted molar refractivity (Wildman–Crippen MR) is 49.0 cm³/mol. The Bertz CT molecular complexity index is 242. The maximum atomic E-state index is 10.5. The van der Waals surface area contributed by atoms with Gasteiger partial charge in [-0.1, -0.05) is 13.8 Å². The lowest BCUT2D eigenvalue weighted by Gasteiger charge is -1.96. The van der Waals surface area contributed by atoms with Crippen LogP contribution in [0.2, 0.25) is 0 Å². The fraction of sp³-hybridized carbons (Fsp3) is 0.500. The first-order valence-corrected chi connectivity index (χ1v) is 3.97. The zero-order valence-electron chi connectivity index (χ0n) is 7.93. The van der Waals surface area contributed by atoms with Gasteiger partial charge in [-0.2, -0.15) is 5.10 Å². The number of aromatic nitrogens is 2. The van der Waals surface area contributed by atoms with E-state index in [0.29, 0.717) is 5.82 Å². The first-order valence-electron chi connectivity index (χ1n) is 3.97. The lowest BCUT2D eigenvalue weighted by atomic mass is 10.4. The van der Waals surface area contributed by atoms with E-state index in [1.165, 1.54) is 6.92 Å². The van der Waals surface area contributed by atoms with Gasteiger partial charge in [-0.3, -0.25) is 9.89 Å². The Morgan fingerprint density at radius 3 is 2.50 bits per heavy atom. The molecule has 1 rings (SSSR count). The number of aromatic amines is 1. The minimum atomic E-state index is -0.0904. The third-order valence-electron chi connectivity index (χ3n) is 1.13. The van der Waals surface area contributed by atoms with Crippen LogP contribution in [-0.2, 0) is 4.79 Å². The Morgan fingerprint density at radius 1 is 1.58 bits per heavy atom. The normalized spacial score (nSPS) is 8.33. The number of aryl methyl sites for hydroxylation is 1. The largest absolute Gasteiger partial charge is 0.311 e. The van der Waals surface area contributed by atoms with Crippen LogP contribution in [0.25, 0.3) is 0 Å². The van der Waals surface area contributed by atoms with Crippen molar-refractivity contribution in [3.05, 3.63) is 11.8 Å². The van der Waals surface area contributed by atoms with Gasteiger partial charge in [0.05, 0.1) is 6.20 Å². The molecule has 0 aliphatic heterocycles. The zero-order valence-corrected chi connectivity index (χ0v) is 7.93. The summed E-state index contributed by atoms with van der Waals surface area (Å²) in [6, 6.07) is 0. The second-order valence-electron chi connectivity index (χ2n) is 2.11. The number of H-pyrrole nitrogens is 1. The summed E-state index contributed by atoms with van der Waals surface area (Å²) in [5, 5.41) is 8.99. The van der Waals surface area contributed by atoms with Crippen molar-refractivity contribution in [1.29, 1.82) is 0 Å². The van der Waals surface area contributed by atoms with Crippen LogP contribution in [0.5, 0.6) is 0 Å². The molecular weight excluding hydrogens is 154 g/mol. The van der Waals surface area contributed by atoms with Gasteiger partial charge in [0, 0.05) is 12.5 Å². The molecule has 4 nitrogen and oxygen atoms in total. The second-order valence-corrected chi connectivity index (χ2v) is 2.11. The molecule has 0 aromatic carbocycles. The van der Waals surface area contributed by atoms with Crippen molar-refractivity contribution in [2.75, 3.05) is 5.32 Å². The molecule has 0 fully saturated rings. The first-order chi connectivity index (χ1) is 5.70. The summed E-state index contributed by atoms with van der Waals surface area (Å²) in [6.45, 7) is 7.33. The summed E-state index contributed by atoms with van der Waals surface area (Å²) in [6.07, 6.45) is 1.66. The summed E-state index contributed by atoms with van der Waals surface area (Å²) in [5.41, 5.74) is 0.940. The van der Waals surface area contributed by atoms with Gasteiger partial charge in [0.25, 0.3) is 0 Å². The van der Waals surface area contributed by atoms with Gasteiger partial charge in [0.15, 0.2) is 0 Å². The van der Waals surface area contributed by atoms with Crippen LogP contribution >= 0.6 is 0 Å². The molecule has 12 heavy (non-hydrogen) atoms. The Hall–Kier alpha value is -1.32. The third kappa shape index (κ3) is 3.18. The van der Waals surface area contributed by atoms with Gasteiger partial charge in [0.2, 0.25) is 5.91 Å². The SMILES string of the molecule is CC.CC(=O)Nc1[nH]ncc1C. The van der Waals surface area contributed by atoms with Crippen molar-refractivity contribution < 1.29 is 4.79 Å². The Balaban J connectivity index is 0.000000561. The van der Waals surface area contributed by atoms with E-state index in [1.807, 2.05) is 20.8 Å². The number of carbonyl (C=O) groups excluding carboxylic acids is 1. The highest BCUT2D eigenvalue weighted by Gasteiger charge is 1.99. The lowest BCUT2D eigenvalue weighted by Crippen LogP contribution is -2.06. The van der Waals surface area contributed by atoms with Crippen molar-refractivity contribution >= 4 is 11.7 Å². The molecule has 0 saturated heterocycles. The van der Waals surface area contributed by atoms with Crippen molar-refractivity contribution in [2.24, 2.45) is 0 Å². The minimum absolute atomic E-state index is 0.0904. The van der Waals surface area contributed by atoms with E-state index in [-0.39, 0.29) is 5.91 Å². The second kappa shape index (κ2) is 5.35. The van der Waals surface area contributed by atoms with Crippen LogP contribution < -0.4 is 5.32 Å². The maximum absolute atomic E-state index is 10.5. The number of nitrogens with zero attached hydrogens (tertiary/aromatic N) is 1. The molecule has 1 aromatic heterocycles. The van der Waals surface area contributed by atoms with E-state index in [4.69, 9.17) is 0 Å². The highest BCUT2D eigenvalue weighted by molar-refractivity contribution is 5.88. The average Bonchev–Trinajstić information content (AvgIpc) is 2.40. The molecule has 1 heterocycles. The monoisotopic (exact) mass is 169 g/mol. The van der Waals surface area contributed by atoms with Crippen LogP contribution in [0.4, 0.5) is 5.82 Å². The first kappa shape index (κ1) is 10.7. The Labute approximate surface area is 72.4 Å². The van der Waals surface area contributed by atoms with E-state index in [1.54, 1.807) is 6.20 Å². The molecule has 4 heteroatoms. The van der Waals surface area contributed by atoms with Gasteiger partial charge in [-0.15, -0.1) is 0 Å². The molecule has 0 aliphatic rings. The van der Waals surface area contributed by atoms with Gasteiger partial charge in [0.1, 0.15) is 5.82 Å². The summed E-state index contributed by atoms with van der Waals surface area (Å²) < 4.78 is 0. The van der Waals surface area contributed by atoms with E-state index in [9.17, 15) is 4.79 Å². The number of hydrogen-bond acceptors (Lipinski definition) is 2. The zero-order chi connectivity index (χ0) is 9.56. The summed E-state index contributed by atoms with van der Waals surface area (Å²) in [4.78, 5) is 10.5. The standard InChI is InChI=1S/C6H9N3O.C2H6/c1-4-3-7-9-6(4)8-5(2)10;1-2/h3H,1-2H3,(H2,7,8,9,10);1-2H3. The number of carbonyl (C=O) groups is 1. The van der Waals surface area contributed by atoms with E-state index in [0.717, 1.165) is 5.56 Å². The topological polar surface area (TPSA) is 57.8 Å². The van der Waals surface area contributed by atoms with Gasteiger partial charge in [-0.05, 0) is 6.92 Å². The van der Waals surface area contributed by atoms with E-state index >= 15 is 0 Å². The molecule has 0 saturated carbocycles. The molecule has 2 N–H and O–H groups in total. The number of rotatable bonds is 1. The van der Waals surface area contributed by atoms with Gasteiger partial charge >= 0.3 is 0 Å². The smallest absolute Gasteiger partial charge is 0.222 e. The van der Waals surface area contributed by atoms with Crippen LogP contribution in [-0.4, -0.2) is 16.1 Å². The summed E-state index contributed by atoms with van der Waals surface area (Å²) >= 11 is 0. The lowest BCUT2D eigenvalue weighted by molar-refractivity contribution is -0.114. The Morgan fingerprint density at radius 2 is 2.17 bits per heavy atom. The van der Waals surface area contributed by atoms with Gasteiger partial charge in [-0.25, -0.2) is 0 Å². The van der Waals surface area contributed by atoms with E-state index < -0.39 is 0 Å². The molecule has 0 spiro atoms. The van der Waals surface area contributed by atoms with Crippen LogP contribution in [0.15, 0.2) is 6.20 Å². The molecule has 68 valence electrons. The van der Waals surface area contributed by atoms with Crippen molar-refractivity contribution in [3.8, 4) is 0 Å². The van der Waals surface area contributed by atoms with Crippen molar-refractivity contribution in [3.63, 3.8) is 0 Å². The average molecular weight is 169 g/mol.